The summed E-state index contributed by atoms with van der Waals surface area (Å²) in [5, 5.41) is 1.88. The van der Waals surface area contributed by atoms with Crippen molar-refractivity contribution in [2.75, 3.05) is 30.3 Å². The number of para-hydroxylation sites is 1. The van der Waals surface area contributed by atoms with Crippen LogP contribution in [0, 0.1) is 0 Å². The molecule has 106 valence electrons. The normalized spacial score (nSPS) is 19.5. The van der Waals surface area contributed by atoms with Gasteiger partial charge < -0.3 is 10.6 Å². The molecule has 2 aromatic rings. The molecule has 1 atom stereocenters. The third-order valence-electron chi connectivity index (χ3n) is 3.73. The predicted octanol–water partition coefficient (Wildman–Crippen LogP) is 2.68. The van der Waals surface area contributed by atoms with Crippen molar-refractivity contribution in [3.63, 3.8) is 0 Å². The van der Waals surface area contributed by atoms with Gasteiger partial charge in [0.25, 0.3) is 0 Å². The number of fused-ring (bicyclic) bond motifs is 1. The smallest absolute Gasteiger partial charge is 0.132 e. The predicted molar refractivity (Wildman–Crippen MR) is 88.6 cm³/mol. The van der Waals surface area contributed by atoms with Crippen LogP contribution in [-0.2, 0) is 6.42 Å². The van der Waals surface area contributed by atoms with E-state index in [0.29, 0.717) is 11.8 Å². The van der Waals surface area contributed by atoms with Crippen LogP contribution in [0.1, 0.15) is 12.5 Å². The lowest BCUT2D eigenvalue weighted by atomic mass is 10.1. The van der Waals surface area contributed by atoms with Gasteiger partial charge in [0, 0.05) is 29.5 Å². The monoisotopic (exact) mass is 287 g/mol. The molecule has 1 aromatic heterocycles. The molecule has 3 nitrogen and oxygen atoms in total. The number of hydrogen-bond donors (Lipinski definition) is 1. The van der Waals surface area contributed by atoms with Crippen molar-refractivity contribution in [1.82, 2.24) is 4.98 Å². The second-order valence-electron chi connectivity index (χ2n) is 5.33. The van der Waals surface area contributed by atoms with Crippen LogP contribution in [-0.4, -0.2) is 35.6 Å². The number of hydrogen-bond acceptors (Lipinski definition) is 4. The maximum absolute atomic E-state index is 5.78. The summed E-state index contributed by atoms with van der Waals surface area (Å²) >= 11 is 2.05. The summed E-state index contributed by atoms with van der Waals surface area (Å²) in [5.74, 6) is 2.32. The first-order chi connectivity index (χ1) is 9.78. The molecule has 2 heterocycles. The first-order valence-electron chi connectivity index (χ1n) is 7.23. The van der Waals surface area contributed by atoms with Crippen LogP contribution in [0.3, 0.4) is 0 Å². The van der Waals surface area contributed by atoms with Gasteiger partial charge in [0.15, 0.2) is 0 Å². The Balaban J connectivity index is 2.04. The molecule has 0 radical (unpaired) electrons. The lowest BCUT2D eigenvalue weighted by Gasteiger charge is -2.33. The molecule has 20 heavy (non-hydrogen) atoms. The number of nitrogens with zero attached hydrogens (tertiary/aromatic N) is 2. The van der Waals surface area contributed by atoms with Crippen molar-refractivity contribution in [2.45, 2.75) is 18.6 Å². The summed E-state index contributed by atoms with van der Waals surface area (Å²) in [5.41, 5.74) is 8.14. The van der Waals surface area contributed by atoms with Gasteiger partial charge >= 0.3 is 0 Å². The Morgan fingerprint density at radius 3 is 3.05 bits per heavy atom. The van der Waals surface area contributed by atoms with Gasteiger partial charge in [-0.3, -0.25) is 0 Å². The number of benzene rings is 1. The Hall–Kier alpha value is -1.26. The molecule has 1 aliphatic rings. The van der Waals surface area contributed by atoms with E-state index in [0.717, 1.165) is 30.8 Å². The van der Waals surface area contributed by atoms with Gasteiger partial charge in [0.2, 0.25) is 0 Å². The summed E-state index contributed by atoms with van der Waals surface area (Å²) in [6.45, 7) is 5.12. The van der Waals surface area contributed by atoms with E-state index in [9.17, 15) is 0 Å². The van der Waals surface area contributed by atoms with E-state index >= 15 is 0 Å². The average molecular weight is 287 g/mol. The fourth-order valence-electron chi connectivity index (χ4n) is 2.77. The zero-order valence-electron chi connectivity index (χ0n) is 11.9. The number of anilines is 1. The van der Waals surface area contributed by atoms with Crippen molar-refractivity contribution in [3.05, 3.63) is 35.9 Å². The number of aromatic nitrogens is 1. The van der Waals surface area contributed by atoms with Crippen LogP contribution in [0.2, 0.25) is 0 Å². The third-order valence-corrected chi connectivity index (χ3v) is 4.87. The highest BCUT2D eigenvalue weighted by atomic mass is 32.2. The Bertz CT molecular complexity index is 599. The largest absolute Gasteiger partial charge is 0.354 e. The van der Waals surface area contributed by atoms with Crippen LogP contribution in [0.25, 0.3) is 10.9 Å². The molecule has 1 aromatic carbocycles. The molecule has 3 rings (SSSR count). The molecule has 0 spiro atoms. The van der Waals surface area contributed by atoms with Crippen LogP contribution >= 0.6 is 11.8 Å². The fourth-order valence-corrected chi connectivity index (χ4v) is 3.79. The van der Waals surface area contributed by atoms with Crippen LogP contribution < -0.4 is 10.6 Å². The Labute approximate surface area is 124 Å². The molecule has 0 amide bonds. The summed E-state index contributed by atoms with van der Waals surface area (Å²) in [7, 11) is 0. The summed E-state index contributed by atoms with van der Waals surface area (Å²) in [6, 6.07) is 10.6. The molecule has 1 unspecified atom stereocenters. The highest BCUT2D eigenvalue weighted by Gasteiger charge is 2.20. The van der Waals surface area contributed by atoms with E-state index in [1.165, 1.54) is 16.7 Å². The number of thioether (sulfide) groups is 1. The number of nitrogens with two attached hydrogens (primary N) is 1. The van der Waals surface area contributed by atoms with Gasteiger partial charge in [0.1, 0.15) is 5.82 Å². The second kappa shape index (κ2) is 6.02. The summed E-state index contributed by atoms with van der Waals surface area (Å²) in [4.78, 5) is 7.34. The molecule has 4 heteroatoms. The standard InChI is InChI=1S/C16H21N3S/c1-12-11-19(8-9-20-12)16-14(6-7-17)10-13-4-2-3-5-15(13)18-16/h2-5,10,12H,6-9,11,17H2,1H3. The minimum absolute atomic E-state index is 0.669. The van der Waals surface area contributed by atoms with Crippen LogP contribution in [0.5, 0.6) is 0 Å². The molecular formula is C16H21N3S. The molecule has 1 saturated heterocycles. The maximum Gasteiger partial charge on any atom is 0.132 e. The summed E-state index contributed by atoms with van der Waals surface area (Å²) < 4.78 is 0. The lowest BCUT2D eigenvalue weighted by Crippen LogP contribution is -2.37. The van der Waals surface area contributed by atoms with Gasteiger partial charge in [-0.15, -0.1) is 0 Å². The van der Waals surface area contributed by atoms with Crippen molar-refractivity contribution in [1.29, 1.82) is 0 Å². The second-order valence-corrected chi connectivity index (χ2v) is 6.88. The van der Waals surface area contributed by atoms with E-state index in [4.69, 9.17) is 10.7 Å². The van der Waals surface area contributed by atoms with E-state index in [1.807, 2.05) is 11.8 Å². The van der Waals surface area contributed by atoms with Gasteiger partial charge in [-0.05, 0) is 30.7 Å². The van der Waals surface area contributed by atoms with E-state index in [-0.39, 0.29) is 0 Å². The zero-order valence-corrected chi connectivity index (χ0v) is 12.7. The van der Waals surface area contributed by atoms with Gasteiger partial charge in [-0.1, -0.05) is 25.1 Å². The molecule has 0 aliphatic carbocycles. The molecule has 1 fully saturated rings. The zero-order chi connectivity index (χ0) is 13.9. The van der Waals surface area contributed by atoms with Gasteiger partial charge in [-0.25, -0.2) is 4.98 Å². The molecule has 2 N–H and O–H groups in total. The molecular weight excluding hydrogens is 266 g/mol. The lowest BCUT2D eigenvalue weighted by molar-refractivity contribution is 0.763. The number of rotatable bonds is 3. The van der Waals surface area contributed by atoms with Gasteiger partial charge in [0.05, 0.1) is 5.52 Å². The fraction of sp³-hybridized carbons (Fsp3) is 0.438. The minimum Gasteiger partial charge on any atom is -0.354 e. The summed E-state index contributed by atoms with van der Waals surface area (Å²) in [6.07, 6.45) is 0.894. The Kier molecular flexibility index (Phi) is 4.13. The molecule has 0 saturated carbocycles. The van der Waals surface area contributed by atoms with Gasteiger partial charge in [-0.2, -0.15) is 11.8 Å². The van der Waals surface area contributed by atoms with Crippen molar-refractivity contribution < 1.29 is 0 Å². The Morgan fingerprint density at radius 1 is 1.40 bits per heavy atom. The van der Waals surface area contributed by atoms with Crippen molar-refractivity contribution in [3.8, 4) is 0 Å². The highest BCUT2D eigenvalue weighted by Crippen LogP contribution is 2.28. The van der Waals surface area contributed by atoms with E-state index < -0.39 is 0 Å². The SMILES string of the molecule is CC1CN(c2nc3ccccc3cc2CCN)CCS1. The van der Waals surface area contributed by atoms with E-state index in [1.54, 1.807) is 0 Å². The van der Waals surface area contributed by atoms with Crippen LogP contribution in [0.15, 0.2) is 30.3 Å². The highest BCUT2D eigenvalue weighted by molar-refractivity contribution is 8.00. The third kappa shape index (κ3) is 2.76. The average Bonchev–Trinajstić information content (AvgIpc) is 2.47. The molecule has 0 bridgehead atoms. The maximum atomic E-state index is 5.78. The Morgan fingerprint density at radius 2 is 2.25 bits per heavy atom. The minimum atomic E-state index is 0.669. The quantitative estimate of drug-likeness (QED) is 0.942. The van der Waals surface area contributed by atoms with Crippen LogP contribution in [0.4, 0.5) is 5.82 Å². The first kappa shape index (κ1) is 13.7. The first-order valence-corrected chi connectivity index (χ1v) is 8.28. The topological polar surface area (TPSA) is 42.2 Å². The van der Waals surface area contributed by atoms with Crippen molar-refractivity contribution in [2.24, 2.45) is 5.73 Å². The van der Waals surface area contributed by atoms with E-state index in [2.05, 4.69) is 42.2 Å². The number of pyridine rings is 1. The van der Waals surface area contributed by atoms with Crippen molar-refractivity contribution >= 4 is 28.5 Å². The molecule has 1 aliphatic heterocycles.